The van der Waals surface area contributed by atoms with Gasteiger partial charge in [-0.3, -0.25) is 4.98 Å². The second-order valence-electron chi connectivity index (χ2n) is 7.28. The average molecular weight is 412 g/mol. The number of alkyl halides is 1. The zero-order valence-corrected chi connectivity index (χ0v) is 15.7. The lowest BCUT2D eigenvalue weighted by Crippen LogP contribution is -2.49. The smallest absolute Gasteiger partial charge is 0.339 e. The van der Waals surface area contributed by atoms with Crippen LogP contribution in [0.4, 0.5) is 14.6 Å². The Hall–Kier alpha value is -3.62. The van der Waals surface area contributed by atoms with Gasteiger partial charge in [-0.05, 0) is 49.2 Å². The number of hydrogen-bond donors (Lipinski definition) is 3. The maximum absolute atomic E-state index is 14.2. The number of aromatic hydroxyl groups is 1. The number of para-hydroxylation sites is 1. The molecule has 7 nitrogen and oxygen atoms in total. The SMILES string of the molecule is O=C(O)c1cccc(-c2ccc(NCC3(c4ncccc4F)CC(F)C3)nn2)c1O. The Morgan fingerprint density at radius 2 is 1.97 bits per heavy atom. The molecule has 3 aromatic rings. The highest BCUT2D eigenvalue weighted by molar-refractivity contribution is 5.93. The van der Waals surface area contributed by atoms with E-state index >= 15 is 0 Å². The number of aromatic carboxylic acids is 1. The Morgan fingerprint density at radius 1 is 1.17 bits per heavy atom. The van der Waals surface area contributed by atoms with Crippen LogP contribution in [0.25, 0.3) is 11.3 Å². The number of carboxylic acids is 1. The first-order chi connectivity index (χ1) is 14.4. The summed E-state index contributed by atoms with van der Waals surface area (Å²) in [6.45, 7) is 0.231. The highest BCUT2D eigenvalue weighted by Crippen LogP contribution is 2.45. The van der Waals surface area contributed by atoms with E-state index in [2.05, 4.69) is 20.5 Å². The highest BCUT2D eigenvalue weighted by atomic mass is 19.1. The van der Waals surface area contributed by atoms with Gasteiger partial charge in [0.05, 0.1) is 11.4 Å². The van der Waals surface area contributed by atoms with Crippen LogP contribution in [-0.4, -0.2) is 44.1 Å². The molecule has 154 valence electrons. The summed E-state index contributed by atoms with van der Waals surface area (Å²) in [5.74, 6) is -1.74. The number of carboxylic acid groups (broad SMARTS) is 1. The van der Waals surface area contributed by atoms with E-state index in [1.54, 1.807) is 12.1 Å². The number of benzene rings is 1. The standard InChI is InChI=1S/C21H18F2N4O3/c22-12-9-21(10-12,19-15(23)5-2-8-24-19)11-25-17-7-6-16(26-27-17)13-3-1-4-14(18(13)28)20(29)30/h1-8,12,28H,9-11H2,(H,25,27)(H,29,30). The van der Waals surface area contributed by atoms with E-state index in [4.69, 9.17) is 5.11 Å². The molecule has 0 aliphatic heterocycles. The van der Waals surface area contributed by atoms with Crippen molar-refractivity contribution >= 4 is 11.8 Å². The second-order valence-corrected chi connectivity index (χ2v) is 7.28. The Balaban J connectivity index is 1.52. The maximum atomic E-state index is 14.2. The summed E-state index contributed by atoms with van der Waals surface area (Å²) in [4.78, 5) is 15.3. The van der Waals surface area contributed by atoms with Crippen LogP contribution in [0.1, 0.15) is 28.9 Å². The summed E-state index contributed by atoms with van der Waals surface area (Å²) in [6, 6.07) is 10.3. The number of phenols is 1. The minimum atomic E-state index is -1.25. The fourth-order valence-corrected chi connectivity index (χ4v) is 3.74. The normalized spacial score (nSPS) is 20.4. The fraction of sp³-hybridized carbons (Fsp3) is 0.238. The number of anilines is 1. The predicted octanol–water partition coefficient (Wildman–Crippen LogP) is 3.56. The predicted molar refractivity (Wildman–Crippen MR) is 105 cm³/mol. The molecule has 1 aliphatic carbocycles. The third-order valence-corrected chi connectivity index (χ3v) is 5.30. The molecule has 0 spiro atoms. The number of carbonyl (C=O) groups is 1. The van der Waals surface area contributed by atoms with Gasteiger partial charge in [0.15, 0.2) is 0 Å². The van der Waals surface area contributed by atoms with Crippen molar-refractivity contribution in [1.82, 2.24) is 15.2 Å². The van der Waals surface area contributed by atoms with E-state index in [-0.39, 0.29) is 36.2 Å². The van der Waals surface area contributed by atoms with Crippen LogP contribution in [0.5, 0.6) is 5.75 Å². The van der Waals surface area contributed by atoms with Gasteiger partial charge >= 0.3 is 5.97 Å². The first-order valence-electron chi connectivity index (χ1n) is 9.28. The van der Waals surface area contributed by atoms with Crippen LogP contribution >= 0.6 is 0 Å². The summed E-state index contributed by atoms with van der Waals surface area (Å²) in [5.41, 5.74) is -0.244. The Bertz CT molecular complexity index is 1090. The quantitative estimate of drug-likeness (QED) is 0.568. The molecule has 0 atom stereocenters. The summed E-state index contributed by atoms with van der Waals surface area (Å²) < 4.78 is 27.9. The van der Waals surface area contributed by atoms with Gasteiger partial charge in [-0.2, -0.15) is 0 Å². The summed E-state index contributed by atoms with van der Waals surface area (Å²) in [5, 5.41) is 30.4. The molecule has 2 heterocycles. The number of rotatable bonds is 6. The molecule has 0 amide bonds. The molecule has 3 N–H and O–H groups in total. The highest BCUT2D eigenvalue weighted by Gasteiger charge is 2.48. The molecule has 0 radical (unpaired) electrons. The van der Waals surface area contributed by atoms with E-state index in [9.17, 15) is 18.7 Å². The van der Waals surface area contributed by atoms with Crippen LogP contribution < -0.4 is 5.32 Å². The topological polar surface area (TPSA) is 108 Å². The molecule has 0 saturated heterocycles. The molecular weight excluding hydrogens is 394 g/mol. The van der Waals surface area contributed by atoms with E-state index < -0.39 is 29.1 Å². The lowest BCUT2D eigenvalue weighted by molar-refractivity contribution is 0.0693. The minimum Gasteiger partial charge on any atom is -0.506 e. The third-order valence-electron chi connectivity index (χ3n) is 5.30. The molecule has 4 rings (SSSR count). The van der Waals surface area contributed by atoms with Crippen molar-refractivity contribution in [3.63, 3.8) is 0 Å². The zero-order valence-electron chi connectivity index (χ0n) is 15.7. The molecule has 1 aliphatic rings. The molecule has 9 heteroatoms. The summed E-state index contributed by atoms with van der Waals surface area (Å²) >= 11 is 0. The van der Waals surface area contributed by atoms with Gasteiger partial charge in [0, 0.05) is 23.7 Å². The molecule has 1 aromatic carbocycles. The Morgan fingerprint density at radius 3 is 2.60 bits per heavy atom. The lowest BCUT2D eigenvalue weighted by atomic mass is 9.65. The zero-order chi connectivity index (χ0) is 21.3. The van der Waals surface area contributed by atoms with Crippen LogP contribution in [0, 0.1) is 5.82 Å². The number of nitrogens with zero attached hydrogens (tertiary/aromatic N) is 3. The van der Waals surface area contributed by atoms with E-state index in [0.717, 1.165) is 0 Å². The van der Waals surface area contributed by atoms with Crippen molar-refractivity contribution in [3.8, 4) is 17.0 Å². The van der Waals surface area contributed by atoms with Gasteiger partial charge in [-0.15, -0.1) is 10.2 Å². The average Bonchev–Trinajstić information content (AvgIpc) is 2.71. The molecule has 0 bridgehead atoms. The summed E-state index contributed by atoms with van der Waals surface area (Å²) in [7, 11) is 0. The fourth-order valence-electron chi connectivity index (χ4n) is 3.74. The largest absolute Gasteiger partial charge is 0.506 e. The molecule has 1 saturated carbocycles. The second kappa shape index (κ2) is 7.66. The van der Waals surface area contributed by atoms with Crippen LogP contribution in [0.15, 0.2) is 48.7 Å². The maximum Gasteiger partial charge on any atom is 0.339 e. The van der Waals surface area contributed by atoms with Crippen molar-refractivity contribution in [2.24, 2.45) is 0 Å². The van der Waals surface area contributed by atoms with Gasteiger partial charge < -0.3 is 15.5 Å². The number of hydrogen-bond acceptors (Lipinski definition) is 6. The lowest BCUT2D eigenvalue weighted by Gasteiger charge is -2.44. The van der Waals surface area contributed by atoms with Crippen LogP contribution in [0.3, 0.4) is 0 Å². The minimum absolute atomic E-state index is 0.162. The first-order valence-corrected chi connectivity index (χ1v) is 9.28. The van der Waals surface area contributed by atoms with Gasteiger partial charge in [0.2, 0.25) is 0 Å². The molecule has 0 unspecified atom stereocenters. The molecule has 30 heavy (non-hydrogen) atoms. The monoisotopic (exact) mass is 412 g/mol. The van der Waals surface area contributed by atoms with Crippen molar-refractivity contribution in [2.75, 3.05) is 11.9 Å². The van der Waals surface area contributed by atoms with Crippen molar-refractivity contribution in [3.05, 3.63) is 65.7 Å². The Kier molecular flexibility index (Phi) is 5.03. The Labute approximate surface area is 170 Å². The van der Waals surface area contributed by atoms with Gasteiger partial charge in [0.1, 0.15) is 29.1 Å². The van der Waals surface area contributed by atoms with Gasteiger partial charge in [0.25, 0.3) is 0 Å². The third kappa shape index (κ3) is 3.54. The van der Waals surface area contributed by atoms with E-state index in [1.807, 2.05) is 0 Å². The van der Waals surface area contributed by atoms with Crippen molar-refractivity contribution < 1.29 is 23.8 Å². The van der Waals surface area contributed by atoms with E-state index in [1.165, 1.54) is 36.5 Å². The van der Waals surface area contributed by atoms with Gasteiger partial charge in [-0.1, -0.05) is 6.07 Å². The van der Waals surface area contributed by atoms with Crippen LogP contribution in [-0.2, 0) is 5.41 Å². The number of aromatic nitrogens is 3. The number of nitrogens with one attached hydrogen (secondary N) is 1. The summed E-state index contributed by atoms with van der Waals surface area (Å²) in [6.07, 6.45) is 0.800. The van der Waals surface area contributed by atoms with Crippen LogP contribution in [0.2, 0.25) is 0 Å². The molecule has 2 aromatic heterocycles. The van der Waals surface area contributed by atoms with Crippen molar-refractivity contribution in [1.29, 1.82) is 0 Å². The van der Waals surface area contributed by atoms with E-state index in [0.29, 0.717) is 11.5 Å². The first kappa shape index (κ1) is 19.7. The number of pyridine rings is 1. The van der Waals surface area contributed by atoms with Crippen molar-refractivity contribution in [2.45, 2.75) is 24.4 Å². The van der Waals surface area contributed by atoms with Gasteiger partial charge in [-0.25, -0.2) is 13.6 Å². The molecule has 1 fully saturated rings. The molecular formula is C21H18F2N4O3. The number of halogens is 2.